The second-order valence-corrected chi connectivity index (χ2v) is 4.38. The molecule has 0 aliphatic heterocycles. The molecule has 1 amide bonds. The SMILES string of the molecule is CCn1cc(C(=O)N=C(N)N)c(=O)c2cc(OC)ccc21. The summed E-state index contributed by atoms with van der Waals surface area (Å²) in [6, 6.07) is 5.12. The Morgan fingerprint density at radius 3 is 2.67 bits per heavy atom. The van der Waals surface area contributed by atoms with Gasteiger partial charge < -0.3 is 20.8 Å². The molecule has 0 atom stereocenters. The lowest BCUT2D eigenvalue weighted by molar-refractivity contribution is 0.100. The van der Waals surface area contributed by atoms with Crippen LogP contribution >= 0.6 is 0 Å². The summed E-state index contributed by atoms with van der Waals surface area (Å²) in [6.45, 7) is 2.49. The van der Waals surface area contributed by atoms with Gasteiger partial charge in [-0.3, -0.25) is 9.59 Å². The number of methoxy groups -OCH3 is 1. The van der Waals surface area contributed by atoms with E-state index in [1.54, 1.807) is 22.8 Å². The second-order valence-electron chi connectivity index (χ2n) is 4.38. The van der Waals surface area contributed by atoms with E-state index in [0.717, 1.165) is 0 Å². The average Bonchev–Trinajstić information content (AvgIpc) is 2.46. The minimum Gasteiger partial charge on any atom is -0.497 e. The molecule has 0 bridgehead atoms. The summed E-state index contributed by atoms with van der Waals surface area (Å²) < 4.78 is 6.90. The van der Waals surface area contributed by atoms with E-state index in [1.807, 2.05) is 6.92 Å². The lowest BCUT2D eigenvalue weighted by atomic mass is 10.1. The zero-order chi connectivity index (χ0) is 15.6. The van der Waals surface area contributed by atoms with Crippen LogP contribution in [0.5, 0.6) is 5.75 Å². The highest BCUT2D eigenvalue weighted by molar-refractivity contribution is 6.03. The van der Waals surface area contributed by atoms with Crippen molar-refractivity contribution < 1.29 is 9.53 Å². The molecular weight excluding hydrogens is 272 g/mol. The number of nitrogens with zero attached hydrogens (tertiary/aromatic N) is 2. The molecule has 7 nitrogen and oxygen atoms in total. The second kappa shape index (κ2) is 5.66. The maximum Gasteiger partial charge on any atom is 0.285 e. The molecule has 110 valence electrons. The number of hydrogen-bond acceptors (Lipinski definition) is 3. The van der Waals surface area contributed by atoms with Crippen LogP contribution in [0.3, 0.4) is 0 Å². The van der Waals surface area contributed by atoms with Gasteiger partial charge in [-0.15, -0.1) is 0 Å². The number of hydrogen-bond donors (Lipinski definition) is 2. The van der Waals surface area contributed by atoms with Gasteiger partial charge in [0.2, 0.25) is 5.43 Å². The van der Waals surface area contributed by atoms with E-state index < -0.39 is 11.3 Å². The number of rotatable bonds is 3. The van der Waals surface area contributed by atoms with E-state index in [-0.39, 0.29) is 11.5 Å². The zero-order valence-electron chi connectivity index (χ0n) is 11.8. The third-order valence-corrected chi connectivity index (χ3v) is 3.09. The number of ether oxygens (including phenoxy) is 1. The molecule has 1 aromatic carbocycles. The number of fused-ring (bicyclic) bond motifs is 1. The molecule has 1 heterocycles. The van der Waals surface area contributed by atoms with Gasteiger partial charge in [-0.05, 0) is 25.1 Å². The van der Waals surface area contributed by atoms with E-state index in [4.69, 9.17) is 16.2 Å². The van der Waals surface area contributed by atoms with E-state index in [1.165, 1.54) is 13.3 Å². The minimum absolute atomic E-state index is 0.0778. The van der Waals surface area contributed by atoms with Gasteiger partial charge in [0.05, 0.1) is 18.0 Å². The lowest BCUT2D eigenvalue weighted by Gasteiger charge is -2.11. The van der Waals surface area contributed by atoms with Crippen molar-refractivity contribution in [2.75, 3.05) is 7.11 Å². The van der Waals surface area contributed by atoms with E-state index in [9.17, 15) is 9.59 Å². The van der Waals surface area contributed by atoms with Crippen LogP contribution in [-0.4, -0.2) is 23.5 Å². The van der Waals surface area contributed by atoms with Crippen molar-refractivity contribution in [2.45, 2.75) is 13.5 Å². The summed E-state index contributed by atoms with van der Waals surface area (Å²) >= 11 is 0. The van der Waals surface area contributed by atoms with Gasteiger partial charge in [-0.25, -0.2) is 0 Å². The van der Waals surface area contributed by atoms with E-state index >= 15 is 0 Å². The molecule has 0 radical (unpaired) electrons. The topological polar surface area (TPSA) is 113 Å². The number of benzene rings is 1. The van der Waals surface area contributed by atoms with Crippen LogP contribution in [0, 0.1) is 0 Å². The van der Waals surface area contributed by atoms with E-state index in [0.29, 0.717) is 23.2 Å². The number of carbonyl (C=O) groups is 1. The maximum absolute atomic E-state index is 12.4. The fraction of sp³-hybridized carbons (Fsp3) is 0.214. The van der Waals surface area contributed by atoms with Crippen LogP contribution < -0.4 is 21.6 Å². The molecule has 1 aromatic heterocycles. The van der Waals surface area contributed by atoms with Crippen LogP contribution in [0.25, 0.3) is 10.9 Å². The minimum atomic E-state index is -0.757. The maximum atomic E-state index is 12.4. The molecule has 0 fully saturated rings. The molecule has 0 saturated carbocycles. The van der Waals surface area contributed by atoms with Gasteiger partial charge >= 0.3 is 0 Å². The van der Waals surface area contributed by atoms with Gasteiger partial charge in [0, 0.05) is 12.7 Å². The number of nitrogens with two attached hydrogens (primary N) is 2. The van der Waals surface area contributed by atoms with Crippen molar-refractivity contribution in [3.8, 4) is 5.75 Å². The van der Waals surface area contributed by atoms with Gasteiger partial charge in [0.15, 0.2) is 5.96 Å². The van der Waals surface area contributed by atoms with E-state index in [2.05, 4.69) is 4.99 Å². The first-order valence-corrected chi connectivity index (χ1v) is 6.33. The monoisotopic (exact) mass is 288 g/mol. The normalized spacial score (nSPS) is 10.4. The van der Waals surface area contributed by atoms with Crippen molar-refractivity contribution in [1.82, 2.24) is 4.57 Å². The molecule has 7 heteroatoms. The summed E-state index contributed by atoms with van der Waals surface area (Å²) in [5.41, 5.74) is 10.6. The first-order chi connectivity index (χ1) is 9.97. The Kier molecular flexibility index (Phi) is 3.93. The van der Waals surface area contributed by atoms with Crippen molar-refractivity contribution in [3.05, 3.63) is 40.2 Å². The quantitative estimate of drug-likeness (QED) is 0.628. The fourth-order valence-corrected chi connectivity index (χ4v) is 2.09. The van der Waals surface area contributed by atoms with Crippen molar-refractivity contribution in [1.29, 1.82) is 0 Å². The fourth-order valence-electron chi connectivity index (χ4n) is 2.09. The summed E-state index contributed by atoms with van der Waals surface area (Å²) in [4.78, 5) is 27.8. The third-order valence-electron chi connectivity index (χ3n) is 3.09. The Labute approximate surface area is 120 Å². The van der Waals surface area contributed by atoms with Gasteiger partial charge in [-0.2, -0.15) is 4.99 Å². The smallest absolute Gasteiger partial charge is 0.285 e. The average molecular weight is 288 g/mol. The summed E-state index contributed by atoms with van der Waals surface area (Å²) in [5.74, 6) is -0.603. The predicted octanol–water partition coefficient (Wildman–Crippen LogP) is 0.444. The van der Waals surface area contributed by atoms with Crippen LogP contribution in [-0.2, 0) is 6.54 Å². The Balaban J connectivity index is 2.79. The molecule has 2 rings (SSSR count). The summed E-state index contributed by atoms with van der Waals surface area (Å²) in [7, 11) is 1.51. The predicted molar refractivity (Wildman–Crippen MR) is 80.6 cm³/mol. The number of aryl methyl sites for hydroxylation is 1. The largest absolute Gasteiger partial charge is 0.497 e. The van der Waals surface area contributed by atoms with Crippen LogP contribution in [0.1, 0.15) is 17.3 Å². The standard InChI is InChI=1S/C14H16N4O3/c1-3-18-7-10(13(20)17-14(15)16)12(19)9-6-8(21-2)4-5-11(9)18/h4-7H,3H2,1-2H3,(H4,15,16,17,20). The molecule has 4 N–H and O–H groups in total. The molecule has 0 unspecified atom stereocenters. The van der Waals surface area contributed by atoms with Gasteiger partial charge in [0.1, 0.15) is 11.3 Å². The number of aliphatic imine (C=N–C) groups is 1. The Morgan fingerprint density at radius 2 is 2.10 bits per heavy atom. The Morgan fingerprint density at radius 1 is 1.38 bits per heavy atom. The number of aromatic nitrogens is 1. The van der Waals surface area contributed by atoms with Crippen LogP contribution in [0.15, 0.2) is 34.2 Å². The van der Waals surface area contributed by atoms with Crippen molar-refractivity contribution in [2.24, 2.45) is 16.5 Å². The highest BCUT2D eigenvalue weighted by atomic mass is 16.5. The molecule has 0 spiro atoms. The van der Waals surface area contributed by atoms with Gasteiger partial charge in [-0.1, -0.05) is 0 Å². The number of amides is 1. The highest BCUT2D eigenvalue weighted by Gasteiger charge is 2.15. The number of carbonyl (C=O) groups excluding carboxylic acids is 1. The van der Waals surface area contributed by atoms with Crippen LogP contribution in [0.4, 0.5) is 0 Å². The zero-order valence-corrected chi connectivity index (χ0v) is 11.8. The molecule has 21 heavy (non-hydrogen) atoms. The number of guanidine groups is 1. The first-order valence-electron chi connectivity index (χ1n) is 6.33. The van der Waals surface area contributed by atoms with Crippen molar-refractivity contribution in [3.63, 3.8) is 0 Å². The van der Waals surface area contributed by atoms with Gasteiger partial charge in [0.25, 0.3) is 5.91 Å². The molecule has 0 aliphatic carbocycles. The first kappa shape index (κ1) is 14.6. The summed E-state index contributed by atoms with van der Waals surface area (Å²) in [6.07, 6.45) is 1.46. The highest BCUT2D eigenvalue weighted by Crippen LogP contribution is 2.19. The molecular formula is C14H16N4O3. The Hall–Kier alpha value is -2.83. The lowest BCUT2D eigenvalue weighted by Crippen LogP contribution is -2.26. The molecule has 0 aliphatic rings. The number of pyridine rings is 1. The Bertz CT molecular complexity index is 789. The molecule has 0 saturated heterocycles. The molecule has 2 aromatic rings. The van der Waals surface area contributed by atoms with Crippen molar-refractivity contribution >= 4 is 22.8 Å². The third kappa shape index (κ3) is 2.71. The van der Waals surface area contributed by atoms with Crippen LogP contribution in [0.2, 0.25) is 0 Å². The summed E-state index contributed by atoms with van der Waals surface area (Å²) in [5, 5.41) is 0.382.